The molecule has 0 bridgehead atoms. The van der Waals surface area contributed by atoms with Gasteiger partial charge in [0.15, 0.2) is 23.2 Å². The third-order valence-electron chi connectivity index (χ3n) is 10.6. The van der Waals surface area contributed by atoms with Crippen LogP contribution in [0.4, 0.5) is 10.2 Å². The lowest BCUT2D eigenvalue weighted by atomic mass is 10.1. The molecule has 0 saturated carbocycles. The Morgan fingerprint density at radius 2 is 1.49 bits per heavy atom. The second kappa shape index (κ2) is 16.7. The highest BCUT2D eigenvalue weighted by molar-refractivity contribution is 9.10. The second-order valence-electron chi connectivity index (χ2n) is 15.2. The van der Waals surface area contributed by atoms with Gasteiger partial charge >= 0.3 is 0 Å². The van der Waals surface area contributed by atoms with Gasteiger partial charge in [-0.25, -0.2) is 14.2 Å². The molecule has 8 aromatic rings. The first kappa shape index (κ1) is 40.3. The molecule has 1 atom stereocenters. The lowest BCUT2D eigenvalue weighted by Gasteiger charge is -2.29. The van der Waals surface area contributed by atoms with Crippen LogP contribution in [0.15, 0.2) is 162 Å². The Hall–Kier alpha value is -6.10. The Bertz CT molecular complexity index is 2760. The average molecular weight is 897 g/mol. The molecule has 61 heavy (non-hydrogen) atoms. The summed E-state index contributed by atoms with van der Waals surface area (Å²) in [6.45, 7) is 6.41. The minimum absolute atomic E-state index is 0.126. The lowest BCUT2D eigenvalue weighted by Crippen LogP contribution is -2.37. The van der Waals surface area contributed by atoms with Crippen LogP contribution in [0.1, 0.15) is 35.5 Å². The molecule has 1 aliphatic rings. The number of anilines is 1. The number of rotatable bonds is 13. The summed E-state index contributed by atoms with van der Waals surface area (Å²) in [5, 5.41) is 12.9. The number of para-hydroxylation sites is 1. The van der Waals surface area contributed by atoms with Crippen LogP contribution >= 0.6 is 23.3 Å². The molecular weight excluding hydrogens is 854 g/mol. The van der Waals surface area contributed by atoms with Crippen molar-refractivity contribution < 1.29 is 28.1 Å². The quantitative estimate of drug-likeness (QED) is 0.0878. The molecule has 0 unspecified atom stereocenters. The van der Waals surface area contributed by atoms with Crippen LogP contribution in [0.2, 0.25) is 0 Å². The zero-order valence-electron chi connectivity index (χ0n) is 33.6. The van der Waals surface area contributed by atoms with Crippen LogP contribution < -0.4 is 30.5 Å². The highest BCUT2D eigenvalue weighted by Crippen LogP contribution is 2.55. The van der Waals surface area contributed by atoms with Gasteiger partial charge in [0, 0.05) is 10.9 Å². The molecule has 9 nitrogen and oxygen atoms in total. The summed E-state index contributed by atoms with van der Waals surface area (Å²) in [5.74, 6) is 0.371. The minimum Gasteiger partial charge on any atom is -0.490 e. The maximum Gasteiger partial charge on any atom is 0.214 e. The van der Waals surface area contributed by atoms with Crippen molar-refractivity contribution in [1.82, 2.24) is 14.8 Å². The van der Waals surface area contributed by atoms with E-state index in [0.29, 0.717) is 47.5 Å². The number of halogens is 2. The first-order valence-corrected chi connectivity index (χ1v) is 22.4. The number of nitrogens with one attached hydrogen (secondary N) is 2. The summed E-state index contributed by atoms with van der Waals surface area (Å²) in [6.07, 6.45) is 1.40. The van der Waals surface area contributed by atoms with Crippen LogP contribution in [0.5, 0.6) is 17.2 Å². The SMILES string of the molecule is Cc1cc(-n2ncc(C(=O)c3cc4cc(OC[C@H]5COC(C)(C)O5)c(Br)cc4[nH]3)c2N[P+](c2ccccc2)(c2ccccc2)c2ccccc2)ccc1Oc1ccccc1F. The van der Waals surface area contributed by atoms with E-state index in [1.165, 1.54) is 6.07 Å². The number of aryl methyl sites for hydroxylation is 1. The Labute approximate surface area is 362 Å². The number of aromatic amines is 1. The number of benzene rings is 6. The molecule has 0 spiro atoms. The maximum absolute atomic E-state index is 15.0. The smallest absolute Gasteiger partial charge is 0.214 e. The van der Waals surface area contributed by atoms with Crippen molar-refractivity contribution in [1.29, 1.82) is 0 Å². The number of carbonyl (C=O) groups excluding carboxylic acids is 1. The molecule has 1 aliphatic heterocycles. The molecule has 0 radical (unpaired) electrons. The monoisotopic (exact) mass is 895 g/mol. The number of fused-ring (bicyclic) bond motifs is 1. The van der Waals surface area contributed by atoms with Crippen LogP contribution in [0.25, 0.3) is 16.6 Å². The van der Waals surface area contributed by atoms with Gasteiger partial charge in [-0.1, -0.05) is 66.7 Å². The van der Waals surface area contributed by atoms with Gasteiger partial charge in [-0.2, -0.15) is 5.10 Å². The van der Waals surface area contributed by atoms with Crippen LogP contribution in [0, 0.1) is 12.7 Å². The van der Waals surface area contributed by atoms with E-state index in [0.717, 1.165) is 36.9 Å². The fourth-order valence-corrected chi connectivity index (χ4v) is 11.8. The van der Waals surface area contributed by atoms with E-state index >= 15 is 4.79 Å². The van der Waals surface area contributed by atoms with Crippen LogP contribution in [-0.2, 0) is 9.47 Å². The molecule has 1 fully saturated rings. The molecule has 6 aromatic carbocycles. The number of hydrogen-bond donors (Lipinski definition) is 2. The summed E-state index contributed by atoms with van der Waals surface area (Å²) in [6, 6.07) is 48.5. The predicted molar refractivity (Wildman–Crippen MR) is 243 cm³/mol. The van der Waals surface area contributed by atoms with Crippen LogP contribution in [-0.4, -0.2) is 45.7 Å². The van der Waals surface area contributed by atoms with Gasteiger partial charge in [-0.3, -0.25) is 4.79 Å². The molecular formula is C49H42BrFN4O5P+. The van der Waals surface area contributed by atoms with Gasteiger partial charge in [-0.05, 0) is 127 Å². The first-order chi connectivity index (χ1) is 29.6. The van der Waals surface area contributed by atoms with Crippen molar-refractivity contribution in [3.63, 3.8) is 0 Å². The highest BCUT2D eigenvalue weighted by Gasteiger charge is 2.48. The van der Waals surface area contributed by atoms with E-state index in [4.69, 9.17) is 24.0 Å². The molecule has 12 heteroatoms. The molecule has 0 amide bonds. The Balaban J connectivity index is 1.16. The Morgan fingerprint density at radius 3 is 2.10 bits per heavy atom. The molecule has 3 heterocycles. The molecule has 2 N–H and O–H groups in total. The second-order valence-corrected chi connectivity index (χ2v) is 19.2. The number of aromatic nitrogens is 3. The summed E-state index contributed by atoms with van der Waals surface area (Å²) < 4.78 is 41.0. The van der Waals surface area contributed by atoms with Crippen molar-refractivity contribution in [2.45, 2.75) is 32.7 Å². The molecule has 0 aliphatic carbocycles. The fourth-order valence-electron chi connectivity index (χ4n) is 7.64. The summed E-state index contributed by atoms with van der Waals surface area (Å²) in [4.78, 5) is 18.4. The zero-order chi connectivity index (χ0) is 42.1. The largest absolute Gasteiger partial charge is 0.490 e. The van der Waals surface area contributed by atoms with Crippen molar-refractivity contribution in [2.75, 3.05) is 18.3 Å². The van der Waals surface area contributed by atoms with Crippen molar-refractivity contribution in [2.24, 2.45) is 0 Å². The highest BCUT2D eigenvalue weighted by atomic mass is 79.9. The number of hydrogen-bond acceptors (Lipinski definition) is 7. The van der Waals surface area contributed by atoms with E-state index in [9.17, 15) is 4.39 Å². The Morgan fingerprint density at radius 1 is 0.852 bits per heavy atom. The van der Waals surface area contributed by atoms with Gasteiger partial charge in [0.25, 0.3) is 0 Å². The predicted octanol–water partition coefficient (Wildman–Crippen LogP) is 10.4. The first-order valence-electron chi connectivity index (χ1n) is 19.9. The van der Waals surface area contributed by atoms with Gasteiger partial charge in [0.05, 0.1) is 34.2 Å². The third-order valence-corrected chi connectivity index (χ3v) is 15.0. The van der Waals surface area contributed by atoms with Gasteiger partial charge in [-0.15, -0.1) is 0 Å². The number of nitrogens with zero attached hydrogens (tertiary/aromatic N) is 2. The van der Waals surface area contributed by atoms with Crippen molar-refractivity contribution in [3.05, 3.63) is 185 Å². The van der Waals surface area contributed by atoms with E-state index in [1.807, 2.05) is 106 Å². The van der Waals surface area contributed by atoms with Crippen molar-refractivity contribution >= 4 is 61.8 Å². The van der Waals surface area contributed by atoms with Crippen LogP contribution in [0.3, 0.4) is 0 Å². The van der Waals surface area contributed by atoms with E-state index < -0.39 is 19.0 Å². The number of ketones is 1. The topological polar surface area (TPSA) is 99.6 Å². The minimum atomic E-state index is -2.77. The number of ether oxygens (including phenoxy) is 4. The standard InChI is InChI=1S/C49H41BrFN4O5P/c1-32-25-34(23-24-44(32)59-45-22-14-13-21-41(45)51)55-48(54-61(36-15-7-4-8-16-36,37-17-9-5-10-18-37)38-19-11-6-12-20-38)39(29-52-55)47(56)43-26-33-27-46(40(50)28-42(33)53-43)57-30-35-31-58-49(2,3)60-35/h4-29,35H,30-31H2,1-3H3,(H-,52,53,54,56)/p+1/t35-/m0/s1. The number of H-pyrrole nitrogens is 1. The van der Waals surface area contributed by atoms with Crippen molar-refractivity contribution in [3.8, 4) is 22.9 Å². The summed E-state index contributed by atoms with van der Waals surface area (Å²) >= 11 is 3.66. The fraction of sp³-hybridized carbons (Fsp3) is 0.143. The molecule has 306 valence electrons. The van der Waals surface area contributed by atoms with E-state index in [1.54, 1.807) is 35.1 Å². The normalized spacial score (nSPS) is 14.9. The van der Waals surface area contributed by atoms with Gasteiger partial charge in [0.2, 0.25) is 13.2 Å². The van der Waals surface area contributed by atoms with E-state index in [2.05, 4.69) is 62.4 Å². The summed E-state index contributed by atoms with van der Waals surface area (Å²) in [5.41, 5.74) is 2.92. The average Bonchev–Trinajstić information content (AvgIpc) is 3.99. The maximum atomic E-state index is 15.0. The number of carbonyl (C=O) groups is 1. The zero-order valence-corrected chi connectivity index (χ0v) is 36.1. The van der Waals surface area contributed by atoms with Gasteiger partial charge in [0.1, 0.15) is 40.1 Å². The van der Waals surface area contributed by atoms with E-state index in [-0.39, 0.29) is 17.6 Å². The molecule has 1 saturated heterocycles. The Kier molecular flexibility index (Phi) is 11.1. The summed E-state index contributed by atoms with van der Waals surface area (Å²) in [7, 11) is -2.77. The molecule has 2 aromatic heterocycles. The third kappa shape index (κ3) is 8.10. The van der Waals surface area contributed by atoms with Gasteiger partial charge < -0.3 is 23.9 Å². The lowest BCUT2D eigenvalue weighted by molar-refractivity contribution is -0.141. The molecule has 9 rings (SSSR count).